The second-order valence-corrected chi connectivity index (χ2v) is 5.91. The molecule has 1 aromatic carbocycles. The first-order valence-electron chi connectivity index (χ1n) is 6.17. The van der Waals surface area contributed by atoms with Crippen molar-refractivity contribution in [2.75, 3.05) is 0 Å². The molecule has 0 aliphatic heterocycles. The summed E-state index contributed by atoms with van der Waals surface area (Å²) in [5.41, 5.74) is 1.79. The fraction of sp³-hybridized carbons (Fsp3) is 0.385. The number of hydrogen-bond donors (Lipinski definition) is 1. The van der Waals surface area contributed by atoms with Gasteiger partial charge in [-0.15, -0.1) is 11.6 Å². The van der Waals surface area contributed by atoms with Gasteiger partial charge in [-0.1, -0.05) is 15.9 Å². The molecule has 0 spiro atoms. The summed E-state index contributed by atoms with van der Waals surface area (Å²) in [5.74, 6) is 1.04. The Balaban J connectivity index is 1.94. The van der Waals surface area contributed by atoms with Gasteiger partial charge in [0.1, 0.15) is 12.4 Å². The quantitative estimate of drug-likeness (QED) is 0.869. The molecular weight excluding hydrogens is 330 g/mol. The number of rotatable bonds is 4. The number of hydrogen-bond acceptors (Lipinski definition) is 2. The van der Waals surface area contributed by atoms with Gasteiger partial charge >= 0.3 is 0 Å². The molecule has 1 amide bonds. The van der Waals surface area contributed by atoms with Gasteiger partial charge in [0.2, 0.25) is 5.91 Å². The standard InChI is InChI=1S/C13H13BrClN3O/c14-8-1-4-10-11(5-8)18(12(6-15)17-10)7-13(19)16-9-2-3-9/h1,4-5,9H,2-3,6-7H2,(H,16,19). The summed E-state index contributed by atoms with van der Waals surface area (Å²) in [7, 11) is 0. The fourth-order valence-electron chi connectivity index (χ4n) is 2.07. The molecule has 1 aliphatic rings. The zero-order valence-electron chi connectivity index (χ0n) is 10.2. The van der Waals surface area contributed by atoms with E-state index in [-0.39, 0.29) is 12.5 Å². The van der Waals surface area contributed by atoms with Gasteiger partial charge in [-0.2, -0.15) is 0 Å². The topological polar surface area (TPSA) is 46.9 Å². The van der Waals surface area contributed by atoms with Crippen molar-refractivity contribution in [1.29, 1.82) is 0 Å². The zero-order valence-corrected chi connectivity index (χ0v) is 12.5. The van der Waals surface area contributed by atoms with Gasteiger partial charge in [0.15, 0.2) is 0 Å². The van der Waals surface area contributed by atoms with Crippen molar-refractivity contribution < 1.29 is 4.79 Å². The fourth-order valence-corrected chi connectivity index (χ4v) is 2.62. The Morgan fingerprint density at radius 3 is 3.00 bits per heavy atom. The Morgan fingerprint density at radius 1 is 1.53 bits per heavy atom. The minimum Gasteiger partial charge on any atom is -0.352 e. The average molecular weight is 343 g/mol. The average Bonchev–Trinajstić information content (AvgIpc) is 3.12. The molecule has 1 N–H and O–H groups in total. The largest absolute Gasteiger partial charge is 0.352 e. The molecular formula is C13H13BrClN3O. The predicted octanol–water partition coefficient (Wildman–Crippen LogP) is 2.82. The minimum atomic E-state index is 0.0214. The molecule has 1 fully saturated rings. The maximum Gasteiger partial charge on any atom is 0.240 e. The summed E-state index contributed by atoms with van der Waals surface area (Å²) in [6, 6.07) is 6.18. The monoisotopic (exact) mass is 341 g/mol. The second-order valence-electron chi connectivity index (χ2n) is 4.72. The molecule has 1 heterocycles. The SMILES string of the molecule is O=C(Cn1c(CCl)nc2ccc(Br)cc21)NC1CC1. The Labute approximate surface area is 124 Å². The Hall–Kier alpha value is -1.07. The summed E-state index contributed by atoms with van der Waals surface area (Å²) in [5, 5.41) is 2.98. The lowest BCUT2D eigenvalue weighted by Crippen LogP contribution is -2.29. The van der Waals surface area contributed by atoms with Crippen LogP contribution in [0.4, 0.5) is 0 Å². The molecule has 1 saturated carbocycles. The summed E-state index contributed by atoms with van der Waals surface area (Å²) in [6.07, 6.45) is 2.18. The van der Waals surface area contributed by atoms with E-state index in [1.807, 2.05) is 22.8 Å². The lowest BCUT2D eigenvalue weighted by molar-refractivity contribution is -0.121. The highest BCUT2D eigenvalue weighted by atomic mass is 79.9. The van der Waals surface area contributed by atoms with E-state index >= 15 is 0 Å². The Bertz CT molecular complexity index is 636. The van der Waals surface area contributed by atoms with Gasteiger partial charge in [-0.3, -0.25) is 4.79 Å². The molecule has 100 valence electrons. The number of nitrogens with zero attached hydrogens (tertiary/aromatic N) is 2. The highest BCUT2D eigenvalue weighted by molar-refractivity contribution is 9.10. The smallest absolute Gasteiger partial charge is 0.240 e. The van der Waals surface area contributed by atoms with E-state index in [9.17, 15) is 4.79 Å². The van der Waals surface area contributed by atoms with Crippen LogP contribution in [0, 0.1) is 0 Å². The van der Waals surface area contributed by atoms with Crippen LogP contribution in [-0.2, 0) is 17.2 Å². The molecule has 0 atom stereocenters. The van der Waals surface area contributed by atoms with E-state index < -0.39 is 0 Å². The predicted molar refractivity (Wildman–Crippen MR) is 78.2 cm³/mol. The zero-order chi connectivity index (χ0) is 13.4. The summed E-state index contributed by atoms with van der Waals surface area (Å²) in [6.45, 7) is 0.269. The van der Waals surface area contributed by atoms with Crippen LogP contribution in [0.2, 0.25) is 0 Å². The first kappa shape index (κ1) is 12.9. The third kappa shape index (κ3) is 2.77. The molecule has 4 nitrogen and oxygen atoms in total. The van der Waals surface area contributed by atoms with Crippen LogP contribution < -0.4 is 5.32 Å². The van der Waals surface area contributed by atoms with E-state index in [1.165, 1.54) is 0 Å². The minimum absolute atomic E-state index is 0.0214. The Morgan fingerprint density at radius 2 is 2.32 bits per heavy atom. The molecule has 1 aromatic heterocycles. The second kappa shape index (κ2) is 5.13. The summed E-state index contributed by atoms with van der Waals surface area (Å²) in [4.78, 5) is 16.4. The number of nitrogens with one attached hydrogen (secondary N) is 1. The molecule has 0 unspecified atom stereocenters. The van der Waals surface area contributed by atoms with Crippen LogP contribution >= 0.6 is 27.5 Å². The molecule has 3 rings (SSSR count). The van der Waals surface area contributed by atoms with Crippen LogP contribution in [0.25, 0.3) is 11.0 Å². The Kier molecular flexibility index (Phi) is 3.50. The molecule has 2 aromatic rings. The number of imidazole rings is 1. The number of fused-ring (bicyclic) bond motifs is 1. The molecule has 1 aliphatic carbocycles. The van der Waals surface area contributed by atoms with Crippen molar-refractivity contribution in [1.82, 2.24) is 14.9 Å². The van der Waals surface area contributed by atoms with Crippen molar-refractivity contribution in [3.63, 3.8) is 0 Å². The van der Waals surface area contributed by atoms with E-state index in [1.54, 1.807) is 0 Å². The van der Waals surface area contributed by atoms with Crippen LogP contribution in [0.1, 0.15) is 18.7 Å². The van der Waals surface area contributed by atoms with Crippen molar-refractivity contribution >= 4 is 44.5 Å². The maximum atomic E-state index is 11.9. The summed E-state index contributed by atoms with van der Waals surface area (Å²) < 4.78 is 2.84. The third-order valence-corrected chi connectivity index (χ3v) is 3.89. The first-order chi connectivity index (χ1) is 9.17. The van der Waals surface area contributed by atoms with Gasteiger partial charge in [-0.05, 0) is 31.0 Å². The normalized spacial score (nSPS) is 14.8. The van der Waals surface area contributed by atoms with Gasteiger partial charge in [0, 0.05) is 10.5 Å². The molecule has 6 heteroatoms. The number of halogens is 2. The highest BCUT2D eigenvalue weighted by Gasteiger charge is 2.24. The number of carbonyl (C=O) groups excluding carboxylic acids is 1. The van der Waals surface area contributed by atoms with E-state index in [0.29, 0.717) is 11.9 Å². The highest BCUT2D eigenvalue weighted by Crippen LogP contribution is 2.23. The first-order valence-corrected chi connectivity index (χ1v) is 7.50. The van der Waals surface area contributed by atoms with Gasteiger partial charge in [-0.25, -0.2) is 4.98 Å². The van der Waals surface area contributed by atoms with Crippen molar-refractivity contribution in [2.45, 2.75) is 31.3 Å². The van der Waals surface area contributed by atoms with Crippen LogP contribution in [0.15, 0.2) is 22.7 Å². The number of amides is 1. The maximum absolute atomic E-state index is 11.9. The van der Waals surface area contributed by atoms with E-state index in [4.69, 9.17) is 11.6 Å². The van der Waals surface area contributed by atoms with Crippen molar-refractivity contribution in [3.8, 4) is 0 Å². The number of benzene rings is 1. The molecule has 0 bridgehead atoms. The summed E-state index contributed by atoms with van der Waals surface area (Å²) >= 11 is 9.36. The third-order valence-electron chi connectivity index (χ3n) is 3.15. The number of carbonyl (C=O) groups is 1. The van der Waals surface area contributed by atoms with Gasteiger partial charge in [0.25, 0.3) is 0 Å². The van der Waals surface area contributed by atoms with Crippen LogP contribution in [-0.4, -0.2) is 21.5 Å². The van der Waals surface area contributed by atoms with Gasteiger partial charge in [0.05, 0.1) is 16.9 Å². The molecule has 0 saturated heterocycles. The van der Waals surface area contributed by atoms with Crippen LogP contribution in [0.3, 0.4) is 0 Å². The number of aromatic nitrogens is 2. The molecule has 0 radical (unpaired) electrons. The molecule has 19 heavy (non-hydrogen) atoms. The van der Waals surface area contributed by atoms with E-state index in [2.05, 4.69) is 26.2 Å². The lowest BCUT2D eigenvalue weighted by atomic mass is 10.3. The van der Waals surface area contributed by atoms with Crippen molar-refractivity contribution in [3.05, 3.63) is 28.5 Å². The van der Waals surface area contributed by atoms with E-state index in [0.717, 1.165) is 34.2 Å². The van der Waals surface area contributed by atoms with Crippen molar-refractivity contribution in [2.24, 2.45) is 0 Å². The lowest BCUT2D eigenvalue weighted by Gasteiger charge is -2.08. The number of alkyl halides is 1. The van der Waals surface area contributed by atoms with Gasteiger partial charge < -0.3 is 9.88 Å². The van der Waals surface area contributed by atoms with Crippen LogP contribution in [0.5, 0.6) is 0 Å².